The third kappa shape index (κ3) is 8.69. The molecule has 0 aliphatic heterocycles. The molecule has 0 radical (unpaired) electrons. The maximum Gasteiger partial charge on any atom is 0.0485 e. The van der Waals surface area contributed by atoms with Crippen LogP contribution in [0.2, 0.25) is 0 Å². The molecule has 0 aliphatic rings. The van der Waals surface area contributed by atoms with Crippen molar-refractivity contribution in [2.45, 2.75) is 39.5 Å². The molecule has 24 heavy (non-hydrogen) atoms. The highest BCUT2D eigenvalue weighted by molar-refractivity contribution is 9.10. The Morgan fingerprint density at radius 2 is 1.58 bits per heavy atom. The van der Waals surface area contributed by atoms with E-state index in [0.29, 0.717) is 11.8 Å². The van der Waals surface area contributed by atoms with Gasteiger partial charge in [0.15, 0.2) is 0 Å². The minimum atomic E-state index is 0.572. The lowest BCUT2D eigenvalue weighted by Gasteiger charge is -2.07. The first kappa shape index (κ1) is 21.7. The van der Waals surface area contributed by atoms with Gasteiger partial charge in [0, 0.05) is 15.7 Å². The summed E-state index contributed by atoms with van der Waals surface area (Å²) in [5.74, 6) is 2.01. The van der Waals surface area contributed by atoms with Crippen LogP contribution in [0.5, 0.6) is 0 Å². The van der Waals surface area contributed by atoms with E-state index in [1.165, 1.54) is 17.5 Å². The third-order valence-electron chi connectivity index (χ3n) is 3.60. The van der Waals surface area contributed by atoms with Gasteiger partial charge < -0.3 is 0 Å². The zero-order valence-electron chi connectivity index (χ0n) is 14.7. The molecule has 0 saturated carbocycles. The van der Waals surface area contributed by atoms with Crippen molar-refractivity contribution in [3.05, 3.63) is 69.7 Å². The van der Waals surface area contributed by atoms with E-state index >= 15 is 0 Å². The summed E-state index contributed by atoms with van der Waals surface area (Å²) >= 11 is 12.7. The molecule has 0 heterocycles. The lowest BCUT2D eigenvalue weighted by Crippen LogP contribution is -1.99. The molecule has 0 aromatic heterocycles. The fourth-order valence-electron chi connectivity index (χ4n) is 2.37. The second-order valence-electron chi connectivity index (χ2n) is 6.61. The second-order valence-corrected chi connectivity index (χ2v) is 8.38. The topological polar surface area (TPSA) is 0 Å². The Morgan fingerprint density at radius 3 is 2.08 bits per heavy atom. The summed E-state index contributed by atoms with van der Waals surface area (Å²) in [5, 5.41) is 1.09. The van der Waals surface area contributed by atoms with Crippen LogP contribution in [0.15, 0.2) is 53.0 Å². The fourth-order valence-corrected chi connectivity index (χ4v) is 3.56. The molecule has 1 atom stereocenters. The Balaban J connectivity index is 0.000000243. The smallest absolute Gasteiger partial charge is 0.0485 e. The molecule has 2 aromatic carbocycles. The van der Waals surface area contributed by atoms with Gasteiger partial charge in [-0.3, -0.25) is 0 Å². The first-order chi connectivity index (χ1) is 11.5. The van der Waals surface area contributed by atoms with Gasteiger partial charge in [0.05, 0.1) is 0 Å². The van der Waals surface area contributed by atoms with Gasteiger partial charge in [-0.25, -0.2) is 0 Å². The first-order valence-corrected chi connectivity index (χ1v) is 10.8. The maximum atomic E-state index is 5.76. The van der Waals surface area contributed by atoms with Crippen LogP contribution in [0.25, 0.3) is 0 Å². The third-order valence-corrected chi connectivity index (χ3v) is 5.73. The zero-order chi connectivity index (χ0) is 17.9. The Bertz CT molecular complexity index is 582. The van der Waals surface area contributed by atoms with Gasteiger partial charge in [-0.15, -0.1) is 11.6 Å². The summed E-state index contributed by atoms with van der Waals surface area (Å²) < 4.78 is 1.13. The summed E-state index contributed by atoms with van der Waals surface area (Å²) in [6.45, 7) is 6.70. The fraction of sp³-hybridized carbons (Fsp3) is 0.429. The van der Waals surface area contributed by atoms with Gasteiger partial charge in [-0.1, -0.05) is 95.1 Å². The largest absolute Gasteiger partial charge is 0.122 e. The number of halogens is 3. The molecule has 0 amide bonds. The standard InChI is InChI=1S/C11H14BrCl.C10H13Br/c1-8(2)5-9-3-4-10(7-13)11(12)6-9;1-9(8-11)7-10-5-3-2-4-6-10/h3-4,6,8H,5,7H2,1-2H3;2-6,9H,7-8H2,1H3. The van der Waals surface area contributed by atoms with E-state index in [-0.39, 0.29) is 0 Å². The molecule has 2 rings (SSSR count). The van der Waals surface area contributed by atoms with Gasteiger partial charge in [-0.2, -0.15) is 0 Å². The molecular weight excluding hydrogens is 447 g/mol. The molecule has 0 saturated heterocycles. The normalized spacial score (nSPS) is 11.8. The number of benzene rings is 2. The minimum absolute atomic E-state index is 0.572. The summed E-state index contributed by atoms with van der Waals surface area (Å²) in [6, 6.07) is 17.0. The zero-order valence-corrected chi connectivity index (χ0v) is 18.7. The van der Waals surface area contributed by atoms with Crippen molar-refractivity contribution in [2.24, 2.45) is 11.8 Å². The van der Waals surface area contributed by atoms with Crippen LogP contribution >= 0.6 is 43.5 Å². The van der Waals surface area contributed by atoms with Crippen molar-refractivity contribution in [3.63, 3.8) is 0 Å². The molecule has 0 nitrogen and oxygen atoms in total. The van der Waals surface area contributed by atoms with Crippen molar-refractivity contribution >= 4 is 43.5 Å². The van der Waals surface area contributed by atoms with Crippen molar-refractivity contribution in [1.29, 1.82) is 0 Å². The van der Waals surface area contributed by atoms with E-state index in [0.717, 1.165) is 27.7 Å². The van der Waals surface area contributed by atoms with E-state index < -0.39 is 0 Å². The molecule has 132 valence electrons. The van der Waals surface area contributed by atoms with E-state index in [2.05, 4.69) is 101 Å². The minimum Gasteiger partial charge on any atom is -0.122 e. The highest BCUT2D eigenvalue weighted by atomic mass is 79.9. The Hall–Kier alpha value is -0.310. The van der Waals surface area contributed by atoms with Crippen LogP contribution in [-0.4, -0.2) is 5.33 Å². The quantitative estimate of drug-likeness (QED) is 0.377. The van der Waals surface area contributed by atoms with E-state index in [4.69, 9.17) is 11.6 Å². The van der Waals surface area contributed by atoms with Gasteiger partial charge >= 0.3 is 0 Å². The molecule has 0 spiro atoms. The van der Waals surface area contributed by atoms with Crippen LogP contribution in [0, 0.1) is 11.8 Å². The first-order valence-electron chi connectivity index (χ1n) is 8.39. The molecule has 2 aromatic rings. The van der Waals surface area contributed by atoms with Crippen molar-refractivity contribution in [3.8, 4) is 0 Å². The summed E-state index contributed by atoms with van der Waals surface area (Å²) in [4.78, 5) is 0. The van der Waals surface area contributed by atoms with Crippen LogP contribution in [0.4, 0.5) is 0 Å². The highest BCUT2D eigenvalue weighted by Crippen LogP contribution is 2.21. The maximum absolute atomic E-state index is 5.76. The summed E-state index contributed by atoms with van der Waals surface area (Å²) in [7, 11) is 0. The monoisotopic (exact) mass is 472 g/mol. The number of rotatable bonds is 6. The lowest BCUT2D eigenvalue weighted by atomic mass is 10.0. The lowest BCUT2D eigenvalue weighted by molar-refractivity contribution is 0.647. The van der Waals surface area contributed by atoms with Gasteiger partial charge in [0.25, 0.3) is 0 Å². The molecular formula is C21H27Br2Cl. The Labute approximate surface area is 169 Å². The van der Waals surface area contributed by atoms with Crippen LogP contribution in [-0.2, 0) is 18.7 Å². The molecule has 0 fully saturated rings. The summed E-state index contributed by atoms with van der Waals surface area (Å²) in [6.07, 6.45) is 2.30. The Kier molecular flexibility index (Phi) is 11.0. The molecule has 1 unspecified atom stereocenters. The van der Waals surface area contributed by atoms with Gasteiger partial charge in [0.1, 0.15) is 0 Å². The average Bonchev–Trinajstić information content (AvgIpc) is 2.56. The van der Waals surface area contributed by atoms with Crippen molar-refractivity contribution < 1.29 is 0 Å². The van der Waals surface area contributed by atoms with Crippen molar-refractivity contribution in [1.82, 2.24) is 0 Å². The van der Waals surface area contributed by atoms with Gasteiger partial charge in [-0.05, 0) is 47.4 Å². The molecule has 0 N–H and O–H groups in total. The molecule has 0 aliphatic carbocycles. The van der Waals surface area contributed by atoms with E-state index in [9.17, 15) is 0 Å². The predicted molar refractivity (Wildman–Crippen MR) is 115 cm³/mol. The summed E-state index contributed by atoms with van der Waals surface area (Å²) in [5.41, 5.74) is 3.96. The van der Waals surface area contributed by atoms with E-state index in [1.807, 2.05) is 0 Å². The second kappa shape index (κ2) is 12.1. The van der Waals surface area contributed by atoms with Crippen LogP contribution in [0.1, 0.15) is 37.5 Å². The van der Waals surface area contributed by atoms with E-state index in [1.54, 1.807) is 0 Å². The Morgan fingerprint density at radius 1 is 0.917 bits per heavy atom. The number of hydrogen-bond donors (Lipinski definition) is 0. The average molecular weight is 475 g/mol. The molecule has 3 heteroatoms. The SMILES string of the molecule is CC(C)Cc1ccc(CCl)c(Br)c1.CC(CBr)Cc1ccccc1. The highest BCUT2D eigenvalue weighted by Gasteiger charge is 2.02. The number of alkyl halides is 2. The van der Waals surface area contributed by atoms with Gasteiger partial charge in [0.2, 0.25) is 0 Å². The van der Waals surface area contributed by atoms with Crippen LogP contribution in [0.3, 0.4) is 0 Å². The van der Waals surface area contributed by atoms with Crippen LogP contribution < -0.4 is 0 Å². The predicted octanol–water partition coefficient (Wildman–Crippen LogP) is 7.65. The van der Waals surface area contributed by atoms with Crippen molar-refractivity contribution in [2.75, 3.05) is 5.33 Å². The number of hydrogen-bond acceptors (Lipinski definition) is 0. The molecule has 0 bridgehead atoms.